The Kier molecular flexibility index (Phi) is 1.51. The molecule has 0 saturated carbocycles. The van der Waals surface area contributed by atoms with Gasteiger partial charge < -0.3 is 10.0 Å². The number of aromatic nitrogens is 1. The summed E-state index contributed by atoms with van der Waals surface area (Å²) in [6.07, 6.45) is 4.08. The highest BCUT2D eigenvalue weighted by molar-refractivity contribution is 5.46. The van der Waals surface area contributed by atoms with Gasteiger partial charge in [-0.05, 0) is 12.1 Å². The molecule has 2 heterocycles. The number of rotatable bonds is 1. The van der Waals surface area contributed by atoms with Gasteiger partial charge in [0.1, 0.15) is 6.23 Å². The third-order valence-corrected chi connectivity index (χ3v) is 1.97. The summed E-state index contributed by atoms with van der Waals surface area (Å²) in [7, 11) is 0. The first kappa shape index (κ1) is 6.61. The number of aliphatic hydroxyl groups is 1. The molecule has 1 fully saturated rings. The minimum Gasteiger partial charge on any atom is -0.374 e. The van der Waals surface area contributed by atoms with E-state index in [0.29, 0.717) is 0 Å². The van der Waals surface area contributed by atoms with Crippen LogP contribution in [0.2, 0.25) is 0 Å². The van der Waals surface area contributed by atoms with Crippen LogP contribution in [0.3, 0.4) is 0 Å². The predicted molar refractivity (Wildman–Crippen MR) is 42.2 cm³/mol. The highest BCUT2D eigenvalue weighted by atomic mass is 16.3. The molecule has 1 N–H and O–H groups in total. The first-order chi connectivity index (χ1) is 5.38. The molecule has 1 aromatic heterocycles. The Morgan fingerprint density at radius 1 is 1.64 bits per heavy atom. The second kappa shape index (κ2) is 2.51. The van der Waals surface area contributed by atoms with E-state index in [2.05, 4.69) is 4.98 Å². The van der Waals surface area contributed by atoms with Gasteiger partial charge in [0.15, 0.2) is 0 Å². The van der Waals surface area contributed by atoms with Crippen molar-refractivity contribution in [1.29, 1.82) is 0 Å². The van der Waals surface area contributed by atoms with Crippen LogP contribution in [0.15, 0.2) is 24.5 Å². The van der Waals surface area contributed by atoms with E-state index in [1.807, 2.05) is 17.0 Å². The summed E-state index contributed by atoms with van der Waals surface area (Å²) in [6, 6.07) is 3.83. The van der Waals surface area contributed by atoms with Gasteiger partial charge in [-0.1, -0.05) is 0 Å². The summed E-state index contributed by atoms with van der Waals surface area (Å²) < 4.78 is 0. The minimum atomic E-state index is -0.292. The third-order valence-electron chi connectivity index (χ3n) is 1.97. The summed E-state index contributed by atoms with van der Waals surface area (Å²) in [5, 5.41) is 9.26. The topological polar surface area (TPSA) is 36.4 Å². The SMILES string of the molecule is OC1CCN1c1cccnc1. The summed E-state index contributed by atoms with van der Waals surface area (Å²) in [5.41, 5.74) is 1.01. The Morgan fingerprint density at radius 2 is 2.55 bits per heavy atom. The van der Waals surface area contributed by atoms with Crippen molar-refractivity contribution < 1.29 is 5.11 Å². The summed E-state index contributed by atoms with van der Waals surface area (Å²) in [6.45, 7) is 0.937. The van der Waals surface area contributed by atoms with Crippen molar-refractivity contribution in [2.45, 2.75) is 12.6 Å². The van der Waals surface area contributed by atoms with Gasteiger partial charge in [-0.25, -0.2) is 0 Å². The number of pyridine rings is 1. The Morgan fingerprint density at radius 3 is 3.00 bits per heavy atom. The first-order valence-corrected chi connectivity index (χ1v) is 3.72. The van der Waals surface area contributed by atoms with Gasteiger partial charge in [0.25, 0.3) is 0 Å². The van der Waals surface area contributed by atoms with Gasteiger partial charge in [0, 0.05) is 19.2 Å². The monoisotopic (exact) mass is 150 g/mol. The van der Waals surface area contributed by atoms with E-state index in [0.717, 1.165) is 18.7 Å². The summed E-state index contributed by atoms with van der Waals surface area (Å²) >= 11 is 0. The molecule has 1 saturated heterocycles. The van der Waals surface area contributed by atoms with Crippen molar-refractivity contribution in [1.82, 2.24) is 4.98 Å². The second-order valence-electron chi connectivity index (χ2n) is 2.67. The van der Waals surface area contributed by atoms with E-state index in [1.54, 1.807) is 12.4 Å². The molecule has 11 heavy (non-hydrogen) atoms. The lowest BCUT2D eigenvalue weighted by atomic mass is 10.1. The molecular weight excluding hydrogens is 140 g/mol. The molecule has 1 atom stereocenters. The van der Waals surface area contributed by atoms with Crippen LogP contribution in [0.4, 0.5) is 5.69 Å². The largest absolute Gasteiger partial charge is 0.374 e. The van der Waals surface area contributed by atoms with E-state index in [-0.39, 0.29) is 6.23 Å². The van der Waals surface area contributed by atoms with E-state index in [1.165, 1.54) is 0 Å². The van der Waals surface area contributed by atoms with Gasteiger partial charge in [-0.2, -0.15) is 0 Å². The zero-order valence-electron chi connectivity index (χ0n) is 6.14. The van der Waals surface area contributed by atoms with Gasteiger partial charge in [0.2, 0.25) is 0 Å². The third kappa shape index (κ3) is 1.07. The van der Waals surface area contributed by atoms with Crippen molar-refractivity contribution >= 4 is 5.69 Å². The van der Waals surface area contributed by atoms with Crippen molar-refractivity contribution in [2.75, 3.05) is 11.4 Å². The van der Waals surface area contributed by atoms with Gasteiger partial charge in [-0.3, -0.25) is 4.98 Å². The quantitative estimate of drug-likeness (QED) is 0.637. The van der Waals surface area contributed by atoms with Crippen LogP contribution < -0.4 is 4.90 Å². The lowest BCUT2D eigenvalue weighted by Gasteiger charge is -2.38. The van der Waals surface area contributed by atoms with Crippen LogP contribution in [-0.2, 0) is 0 Å². The Labute approximate surface area is 65.3 Å². The average Bonchev–Trinajstić information content (AvgIpc) is 2.04. The van der Waals surface area contributed by atoms with Gasteiger partial charge >= 0.3 is 0 Å². The smallest absolute Gasteiger partial charge is 0.128 e. The highest BCUT2D eigenvalue weighted by Crippen LogP contribution is 2.22. The molecule has 1 aliphatic rings. The molecule has 1 aromatic rings. The first-order valence-electron chi connectivity index (χ1n) is 3.72. The molecule has 0 bridgehead atoms. The van der Waals surface area contributed by atoms with Crippen molar-refractivity contribution in [3.05, 3.63) is 24.5 Å². The second-order valence-corrected chi connectivity index (χ2v) is 2.67. The number of anilines is 1. The Hall–Kier alpha value is -1.09. The van der Waals surface area contributed by atoms with Crippen molar-refractivity contribution in [3.63, 3.8) is 0 Å². The molecule has 0 radical (unpaired) electrons. The number of hydrogen-bond acceptors (Lipinski definition) is 3. The fourth-order valence-electron chi connectivity index (χ4n) is 1.20. The van der Waals surface area contributed by atoms with Gasteiger partial charge in [-0.15, -0.1) is 0 Å². The van der Waals surface area contributed by atoms with E-state index in [9.17, 15) is 5.11 Å². The summed E-state index contributed by atoms with van der Waals surface area (Å²) in [4.78, 5) is 5.89. The minimum absolute atomic E-state index is 0.292. The molecule has 3 nitrogen and oxygen atoms in total. The number of aliphatic hydroxyl groups excluding tert-OH is 1. The number of hydrogen-bond donors (Lipinski definition) is 1. The molecule has 0 spiro atoms. The molecule has 0 amide bonds. The molecule has 0 aliphatic carbocycles. The standard InChI is InChI=1S/C8H10N2O/c11-8-3-5-10(8)7-2-1-4-9-6-7/h1-2,4,6,8,11H,3,5H2. The predicted octanol–water partition coefficient (Wildman–Crippen LogP) is 0.610. The summed E-state index contributed by atoms with van der Waals surface area (Å²) in [5.74, 6) is 0. The van der Waals surface area contributed by atoms with Crippen LogP contribution in [0.25, 0.3) is 0 Å². The average molecular weight is 150 g/mol. The maximum absolute atomic E-state index is 9.26. The zero-order chi connectivity index (χ0) is 7.68. The van der Waals surface area contributed by atoms with Crippen molar-refractivity contribution in [3.8, 4) is 0 Å². The normalized spacial score (nSPS) is 23.0. The lowest BCUT2D eigenvalue weighted by molar-refractivity contribution is 0.113. The molecule has 1 aliphatic heterocycles. The maximum Gasteiger partial charge on any atom is 0.128 e. The van der Waals surface area contributed by atoms with Gasteiger partial charge in [0.05, 0.1) is 11.9 Å². The van der Waals surface area contributed by atoms with Crippen molar-refractivity contribution in [2.24, 2.45) is 0 Å². The molecule has 1 unspecified atom stereocenters. The Bertz CT molecular complexity index is 237. The van der Waals surface area contributed by atoms with Crippen LogP contribution in [-0.4, -0.2) is 22.9 Å². The maximum atomic E-state index is 9.26. The van der Waals surface area contributed by atoms with E-state index in [4.69, 9.17) is 0 Å². The van der Waals surface area contributed by atoms with E-state index >= 15 is 0 Å². The highest BCUT2D eigenvalue weighted by Gasteiger charge is 2.25. The molecular formula is C8H10N2O. The molecule has 58 valence electrons. The molecule has 3 heteroatoms. The zero-order valence-corrected chi connectivity index (χ0v) is 6.14. The Balaban J connectivity index is 2.17. The van der Waals surface area contributed by atoms with Crippen LogP contribution in [0.5, 0.6) is 0 Å². The molecule has 2 rings (SSSR count). The fourth-order valence-corrected chi connectivity index (χ4v) is 1.20. The van der Waals surface area contributed by atoms with Crippen LogP contribution in [0.1, 0.15) is 6.42 Å². The molecule has 0 aromatic carbocycles. The van der Waals surface area contributed by atoms with Crippen LogP contribution >= 0.6 is 0 Å². The van der Waals surface area contributed by atoms with E-state index < -0.39 is 0 Å². The fraction of sp³-hybridized carbons (Fsp3) is 0.375. The van der Waals surface area contributed by atoms with Crippen LogP contribution in [0, 0.1) is 0 Å². The lowest BCUT2D eigenvalue weighted by Crippen LogP contribution is -2.47. The number of nitrogens with zero attached hydrogens (tertiary/aromatic N) is 2.